The molecule has 0 bridgehead atoms. The third kappa shape index (κ3) is 3.26. The molecule has 2 aromatic carbocycles. The lowest BCUT2D eigenvalue weighted by Crippen LogP contribution is -2.28. The first-order valence-electron chi connectivity index (χ1n) is 9.26. The van der Waals surface area contributed by atoms with Crippen LogP contribution < -0.4 is 10.5 Å². The highest BCUT2D eigenvalue weighted by atomic mass is 32.1. The fourth-order valence-electron chi connectivity index (χ4n) is 3.39. The van der Waals surface area contributed by atoms with Gasteiger partial charge in [0.2, 0.25) is 0 Å². The van der Waals surface area contributed by atoms with Gasteiger partial charge in [0.1, 0.15) is 11.4 Å². The number of rotatable bonds is 3. The van der Waals surface area contributed by atoms with E-state index in [9.17, 15) is 0 Å². The maximum atomic E-state index is 6.36. The van der Waals surface area contributed by atoms with E-state index in [4.69, 9.17) is 10.5 Å². The Morgan fingerprint density at radius 3 is 2.56 bits per heavy atom. The zero-order chi connectivity index (χ0) is 19.2. The molecule has 0 aliphatic carbocycles. The number of fused-ring (bicyclic) bond motifs is 1. The monoisotopic (exact) mass is 376 g/mol. The molecule has 0 saturated carbocycles. The molecule has 0 radical (unpaired) electrons. The summed E-state index contributed by atoms with van der Waals surface area (Å²) in [5.41, 5.74) is 12.4. The molecule has 2 N–H and O–H groups in total. The highest BCUT2D eigenvalue weighted by molar-refractivity contribution is 7.19. The zero-order valence-electron chi connectivity index (χ0n) is 16.2. The number of aromatic nitrogens is 1. The summed E-state index contributed by atoms with van der Waals surface area (Å²) in [5.74, 6) is 0.888. The van der Waals surface area contributed by atoms with Gasteiger partial charge < -0.3 is 10.5 Å². The average molecular weight is 377 g/mol. The van der Waals surface area contributed by atoms with E-state index in [2.05, 4.69) is 81.2 Å². The lowest BCUT2D eigenvalue weighted by molar-refractivity contribution is 0.160. The van der Waals surface area contributed by atoms with Crippen LogP contribution in [0.4, 0.5) is 5.13 Å². The van der Waals surface area contributed by atoms with E-state index in [0.29, 0.717) is 5.13 Å². The van der Waals surface area contributed by atoms with Gasteiger partial charge in [-0.2, -0.15) is 0 Å². The molecule has 1 aromatic heterocycles. The van der Waals surface area contributed by atoms with Crippen molar-refractivity contribution in [3.63, 3.8) is 0 Å². The van der Waals surface area contributed by atoms with Gasteiger partial charge in [0, 0.05) is 11.1 Å². The molecule has 3 nitrogen and oxygen atoms in total. The van der Waals surface area contributed by atoms with Gasteiger partial charge in [0.15, 0.2) is 5.13 Å². The normalized spacial score (nSPS) is 14.7. The van der Waals surface area contributed by atoms with E-state index < -0.39 is 0 Å². The molecular formula is C23H24N2OS. The predicted octanol–water partition coefficient (Wildman–Crippen LogP) is 6.11. The van der Waals surface area contributed by atoms with Crippen LogP contribution >= 0.6 is 11.3 Å². The Labute approximate surface area is 164 Å². The maximum Gasteiger partial charge on any atom is 0.181 e. The van der Waals surface area contributed by atoms with Gasteiger partial charge in [0.25, 0.3) is 0 Å². The number of thiazole rings is 1. The van der Waals surface area contributed by atoms with Crippen molar-refractivity contribution in [2.75, 3.05) is 5.73 Å². The Balaban J connectivity index is 1.90. The molecule has 1 aliphatic heterocycles. The first-order valence-corrected chi connectivity index (χ1v) is 10.1. The fourth-order valence-corrected chi connectivity index (χ4v) is 4.24. The van der Waals surface area contributed by atoms with Crippen LogP contribution in [0.2, 0.25) is 0 Å². The van der Waals surface area contributed by atoms with Crippen LogP contribution in [-0.4, -0.2) is 10.6 Å². The molecule has 138 valence electrons. The van der Waals surface area contributed by atoms with E-state index in [1.54, 1.807) is 0 Å². The number of ether oxygens (including phenoxy) is 1. The second kappa shape index (κ2) is 6.54. The van der Waals surface area contributed by atoms with Crippen LogP contribution in [0.5, 0.6) is 5.75 Å². The molecule has 0 atom stereocenters. The predicted molar refractivity (Wildman–Crippen MR) is 115 cm³/mol. The first-order chi connectivity index (χ1) is 12.9. The molecule has 4 rings (SSSR count). The number of hydrogen-bond acceptors (Lipinski definition) is 4. The molecular weight excluding hydrogens is 352 g/mol. The van der Waals surface area contributed by atoms with E-state index >= 15 is 0 Å². The van der Waals surface area contributed by atoms with Gasteiger partial charge >= 0.3 is 0 Å². The Morgan fingerprint density at radius 2 is 1.85 bits per heavy atom. The van der Waals surface area contributed by atoms with Crippen LogP contribution in [0.15, 0.2) is 42.5 Å². The Bertz CT molecular complexity index is 1030. The summed E-state index contributed by atoms with van der Waals surface area (Å²) in [4.78, 5) is 5.76. The number of hydrogen-bond donors (Lipinski definition) is 1. The number of benzene rings is 2. The molecule has 0 amide bonds. The quantitative estimate of drug-likeness (QED) is 0.599. The molecule has 0 saturated heterocycles. The average Bonchev–Trinajstić information content (AvgIpc) is 3.02. The lowest BCUT2D eigenvalue weighted by Gasteiger charge is -2.30. The van der Waals surface area contributed by atoms with Crippen molar-refractivity contribution < 1.29 is 4.74 Å². The molecule has 1 aliphatic rings. The summed E-state index contributed by atoms with van der Waals surface area (Å²) in [6.07, 6.45) is 5.29. The van der Waals surface area contributed by atoms with Crippen LogP contribution in [0.25, 0.3) is 27.8 Å². The second-order valence-corrected chi connectivity index (χ2v) is 8.52. The van der Waals surface area contributed by atoms with E-state index in [1.807, 2.05) is 0 Å². The number of nitrogens with zero attached hydrogens (tertiary/aromatic N) is 1. The zero-order valence-corrected chi connectivity index (χ0v) is 17.0. The van der Waals surface area contributed by atoms with Crippen molar-refractivity contribution >= 4 is 22.5 Å². The van der Waals surface area contributed by atoms with Crippen molar-refractivity contribution in [3.05, 3.63) is 59.2 Å². The third-order valence-electron chi connectivity index (χ3n) is 4.95. The largest absolute Gasteiger partial charge is 0.482 e. The highest BCUT2D eigenvalue weighted by Gasteiger charge is 2.27. The Hall–Kier alpha value is -2.59. The van der Waals surface area contributed by atoms with Crippen molar-refractivity contribution in [2.24, 2.45) is 0 Å². The molecule has 0 unspecified atom stereocenters. The SMILES string of the molecule is CCc1ccc(-c2sc(N)nc2-c2ccc(C)c3c2OC(C)(C)C=C3)cc1. The summed E-state index contributed by atoms with van der Waals surface area (Å²) in [7, 11) is 0. The van der Waals surface area contributed by atoms with Crippen molar-refractivity contribution in [1.29, 1.82) is 0 Å². The Morgan fingerprint density at radius 1 is 1.11 bits per heavy atom. The summed E-state index contributed by atoms with van der Waals surface area (Å²) < 4.78 is 6.36. The lowest BCUT2D eigenvalue weighted by atomic mass is 9.94. The van der Waals surface area contributed by atoms with Crippen molar-refractivity contribution in [3.8, 4) is 27.4 Å². The number of nitrogen functional groups attached to an aromatic ring is 1. The molecule has 0 fully saturated rings. The van der Waals surface area contributed by atoms with Gasteiger partial charge in [0.05, 0.1) is 10.6 Å². The van der Waals surface area contributed by atoms with E-state index in [1.165, 1.54) is 22.5 Å². The number of anilines is 1. The number of aryl methyl sites for hydroxylation is 2. The maximum absolute atomic E-state index is 6.36. The molecule has 27 heavy (non-hydrogen) atoms. The van der Waals surface area contributed by atoms with Gasteiger partial charge in [-0.05, 0) is 56.0 Å². The minimum absolute atomic E-state index is 0.347. The molecule has 2 heterocycles. The van der Waals surface area contributed by atoms with E-state index in [-0.39, 0.29) is 5.60 Å². The second-order valence-electron chi connectivity index (χ2n) is 7.49. The summed E-state index contributed by atoms with van der Waals surface area (Å²) in [6.45, 7) is 8.40. The van der Waals surface area contributed by atoms with Gasteiger partial charge in [-0.3, -0.25) is 0 Å². The van der Waals surface area contributed by atoms with E-state index in [0.717, 1.165) is 39.4 Å². The molecule has 4 heteroatoms. The van der Waals surface area contributed by atoms with Crippen LogP contribution in [0.3, 0.4) is 0 Å². The van der Waals surface area contributed by atoms with Crippen LogP contribution in [-0.2, 0) is 6.42 Å². The Kier molecular flexibility index (Phi) is 4.31. The summed E-state index contributed by atoms with van der Waals surface area (Å²) >= 11 is 1.52. The molecule has 3 aromatic rings. The minimum Gasteiger partial charge on any atom is -0.482 e. The van der Waals surface area contributed by atoms with Crippen LogP contribution in [0, 0.1) is 6.92 Å². The highest BCUT2D eigenvalue weighted by Crippen LogP contribution is 2.46. The standard InChI is InChI=1S/C23H24N2OS/c1-5-15-7-9-16(10-8-15)21-19(25-22(24)27-21)18-11-6-14(2)17-12-13-23(3,4)26-20(17)18/h6-13H,5H2,1-4H3,(H2,24,25). The van der Waals surface area contributed by atoms with Gasteiger partial charge in [-0.25, -0.2) is 4.98 Å². The molecule has 0 spiro atoms. The first kappa shape index (κ1) is 17.8. The summed E-state index contributed by atoms with van der Waals surface area (Å²) in [6, 6.07) is 12.9. The van der Waals surface area contributed by atoms with Crippen LogP contribution in [0.1, 0.15) is 37.5 Å². The fraction of sp³-hybridized carbons (Fsp3) is 0.261. The van der Waals surface area contributed by atoms with Crippen molar-refractivity contribution in [1.82, 2.24) is 4.98 Å². The third-order valence-corrected chi connectivity index (χ3v) is 5.89. The van der Waals surface area contributed by atoms with Crippen molar-refractivity contribution in [2.45, 2.75) is 39.7 Å². The topological polar surface area (TPSA) is 48.1 Å². The smallest absolute Gasteiger partial charge is 0.181 e. The van der Waals surface area contributed by atoms with Gasteiger partial charge in [-0.15, -0.1) is 0 Å². The minimum atomic E-state index is -0.347. The van der Waals surface area contributed by atoms with Gasteiger partial charge in [-0.1, -0.05) is 54.7 Å². The summed E-state index contributed by atoms with van der Waals surface area (Å²) in [5, 5.41) is 0.569. The number of nitrogens with two attached hydrogens (primary N) is 1.